The number of furan rings is 1. The number of rotatable bonds is 4. The Balaban J connectivity index is 1.10. The molecule has 2 fully saturated rings. The highest BCUT2D eigenvalue weighted by molar-refractivity contribution is 5.91. The molecule has 6 rings (SSSR count). The van der Waals surface area contributed by atoms with Crippen molar-refractivity contribution in [3.63, 3.8) is 0 Å². The minimum Gasteiger partial charge on any atom is -0.497 e. The monoisotopic (exact) mass is 459 g/mol. The minimum atomic E-state index is -0.194. The predicted octanol–water partition coefficient (Wildman–Crippen LogP) is 5.98. The second-order valence-corrected chi connectivity index (χ2v) is 9.58. The number of hydrogen-bond acceptors (Lipinski definition) is 5. The van der Waals surface area contributed by atoms with Crippen molar-refractivity contribution in [2.75, 3.05) is 38.2 Å². The molecule has 2 aromatic heterocycles. The van der Waals surface area contributed by atoms with Crippen molar-refractivity contribution in [1.82, 2.24) is 9.88 Å². The minimum absolute atomic E-state index is 0.194. The highest BCUT2D eigenvalue weighted by atomic mass is 19.1. The standard InChI is InChI=1S/C28H30FN3O2/c1-33-23-8-9-27-24(17-23)25(18-34-27)19-4-6-22(7-5-19)31-11-13-32(14-12-31)26-16-21(29)15-20-3-2-10-30-28(20)26/h2-3,8-10,15-19,22H,4-7,11-14H2,1H3/t19-,22+. The van der Waals surface area contributed by atoms with Crippen LogP contribution in [0.3, 0.4) is 0 Å². The largest absolute Gasteiger partial charge is 0.497 e. The first-order chi connectivity index (χ1) is 16.7. The molecule has 0 amide bonds. The molecule has 0 radical (unpaired) electrons. The van der Waals surface area contributed by atoms with Gasteiger partial charge in [-0.2, -0.15) is 0 Å². The van der Waals surface area contributed by atoms with E-state index in [1.54, 1.807) is 25.4 Å². The van der Waals surface area contributed by atoms with Gasteiger partial charge in [0.15, 0.2) is 0 Å². The number of halogens is 1. The molecular weight excluding hydrogens is 429 g/mol. The summed E-state index contributed by atoms with van der Waals surface area (Å²) in [5, 5.41) is 2.05. The van der Waals surface area contributed by atoms with Crippen LogP contribution in [0.1, 0.15) is 37.2 Å². The van der Waals surface area contributed by atoms with Gasteiger partial charge in [-0.05, 0) is 68.0 Å². The summed E-state index contributed by atoms with van der Waals surface area (Å²) in [6, 6.07) is 13.7. The van der Waals surface area contributed by atoms with Gasteiger partial charge < -0.3 is 14.1 Å². The molecule has 0 bridgehead atoms. The summed E-state index contributed by atoms with van der Waals surface area (Å²) >= 11 is 0. The van der Waals surface area contributed by atoms with Gasteiger partial charge in [0, 0.05) is 54.8 Å². The zero-order chi connectivity index (χ0) is 23.1. The molecule has 2 aromatic carbocycles. The van der Waals surface area contributed by atoms with E-state index in [1.807, 2.05) is 30.5 Å². The number of fused-ring (bicyclic) bond motifs is 2. The average molecular weight is 460 g/mol. The fourth-order valence-electron chi connectivity index (χ4n) is 5.93. The van der Waals surface area contributed by atoms with Crippen molar-refractivity contribution >= 4 is 27.6 Å². The van der Waals surface area contributed by atoms with Crippen molar-refractivity contribution in [3.05, 3.63) is 66.3 Å². The molecule has 1 saturated heterocycles. The van der Waals surface area contributed by atoms with E-state index in [0.29, 0.717) is 12.0 Å². The molecule has 1 saturated carbocycles. The summed E-state index contributed by atoms with van der Waals surface area (Å²) in [6.07, 6.45) is 8.49. The molecule has 0 spiro atoms. The highest BCUT2D eigenvalue weighted by Gasteiger charge is 2.30. The maximum absolute atomic E-state index is 14.2. The van der Waals surface area contributed by atoms with Crippen LogP contribution in [-0.2, 0) is 0 Å². The van der Waals surface area contributed by atoms with Crippen LogP contribution in [0.5, 0.6) is 5.75 Å². The molecule has 0 atom stereocenters. The molecule has 0 N–H and O–H groups in total. The van der Waals surface area contributed by atoms with Crippen molar-refractivity contribution in [2.24, 2.45) is 0 Å². The molecule has 0 unspecified atom stereocenters. The predicted molar refractivity (Wildman–Crippen MR) is 133 cm³/mol. The van der Waals surface area contributed by atoms with E-state index in [2.05, 4.69) is 20.9 Å². The Morgan fingerprint density at radius 2 is 1.82 bits per heavy atom. The SMILES string of the molecule is COc1ccc2occ([C@H]3CC[C@@H](N4CCN(c5cc(F)cc6cccnc56)CC4)CC3)c2c1. The number of aromatic nitrogens is 1. The van der Waals surface area contributed by atoms with Gasteiger partial charge in [-0.15, -0.1) is 0 Å². The van der Waals surface area contributed by atoms with Crippen LogP contribution in [0.15, 0.2) is 59.3 Å². The number of nitrogens with zero attached hydrogens (tertiary/aromatic N) is 3. The summed E-state index contributed by atoms with van der Waals surface area (Å²) < 4.78 is 25.5. The fourth-order valence-corrected chi connectivity index (χ4v) is 5.93. The number of ether oxygens (including phenoxy) is 1. The number of methoxy groups -OCH3 is 1. The molecule has 34 heavy (non-hydrogen) atoms. The van der Waals surface area contributed by atoms with Gasteiger partial charge in [-0.25, -0.2) is 4.39 Å². The second-order valence-electron chi connectivity index (χ2n) is 9.58. The van der Waals surface area contributed by atoms with Gasteiger partial charge in [0.2, 0.25) is 0 Å². The van der Waals surface area contributed by atoms with Crippen molar-refractivity contribution in [1.29, 1.82) is 0 Å². The average Bonchev–Trinajstić information content (AvgIpc) is 3.31. The van der Waals surface area contributed by atoms with E-state index >= 15 is 0 Å². The first-order valence-electron chi connectivity index (χ1n) is 12.3. The lowest BCUT2D eigenvalue weighted by molar-refractivity contribution is 0.141. The number of hydrogen-bond donors (Lipinski definition) is 0. The molecule has 4 aromatic rings. The molecular formula is C28H30FN3O2. The van der Waals surface area contributed by atoms with Crippen LogP contribution in [0.4, 0.5) is 10.1 Å². The summed E-state index contributed by atoms with van der Waals surface area (Å²) in [7, 11) is 1.71. The van der Waals surface area contributed by atoms with E-state index in [4.69, 9.17) is 9.15 Å². The van der Waals surface area contributed by atoms with Crippen molar-refractivity contribution in [2.45, 2.75) is 37.6 Å². The number of pyridine rings is 1. The summed E-state index contributed by atoms with van der Waals surface area (Å²) in [5.74, 6) is 1.22. The van der Waals surface area contributed by atoms with Gasteiger partial charge in [0.1, 0.15) is 17.1 Å². The van der Waals surface area contributed by atoms with Crippen LogP contribution in [0.2, 0.25) is 0 Å². The van der Waals surface area contributed by atoms with Crippen LogP contribution < -0.4 is 9.64 Å². The van der Waals surface area contributed by atoms with Crippen LogP contribution in [0, 0.1) is 5.82 Å². The molecule has 2 aliphatic rings. The van der Waals surface area contributed by atoms with Gasteiger partial charge in [-0.1, -0.05) is 6.07 Å². The van der Waals surface area contributed by atoms with E-state index in [-0.39, 0.29) is 5.82 Å². The van der Waals surface area contributed by atoms with Crippen LogP contribution in [0.25, 0.3) is 21.9 Å². The topological polar surface area (TPSA) is 41.7 Å². The van der Waals surface area contributed by atoms with Gasteiger partial charge in [0.05, 0.1) is 24.6 Å². The summed E-state index contributed by atoms with van der Waals surface area (Å²) in [6.45, 7) is 3.82. The molecule has 176 valence electrons. The van der Waals surface area contributed by atoms with Gasteiger partial charge in [-0.3, -0.25) is 9.88 Å². The lowest BCUT2D eigenvalue weighted by atomic mass is 9.81. The maximum atomic E-state index is 14.2. The number of anilines is 1. The number of piperazine rings is 1. The Labute approximate surface area is 199 Å². The normalized spacial score (nSPS) is 21.9. The van der Waals surface area contributed by atoms with Gasteiger partial charge >= 0.3 is 0 Å². The highest BCUT2D eigenvalue weighted by Crippen LogP contribution is 2.40. The lowest BCUT2D eigenvalue weighted by Gasteiger charge is -2.42. The maximum Gasteiger partial charge on any atom is 0.134 e. The first kappa shape index (κ1) is 21.4. The van der Waals surface area contributed by atoms with Crippen LogP contribution in [-0.4, -0.2) is 49.2 Å². The van der Waals surface area contributed by atoms with E-state index in [1.165, 1.54) is 36.6 Å². The van der Waals surface area contributed by atoms with Gasteiger partial charge in [0.25, 0.3) is 0 Å². The smallest absolute Gasteiger partial charge is 0.134 e. The van der Waals surface area contributed by atoms with Crippen LogP contribution >= 0.6 is 0 Å². The van der Waals surface area contributed by atoms with Crippen molar-refractivity contribution in [3.8, 4) is 5.75 Å². The Morgan fingerprint density at radius 3 is 2.62 bits per heavy atom. The van der Waals surface area contributed by atoms with E-state index in [0.717, 1.165) is 54.1 Å². The first-order valence-corrected chi connectivity index (χ1v) is 12.3. The van der Waals surface area contributed by atoms with E-state index in [9.17, 15) is 4.39 Å². The fraction of sp³-hybridized carbons (Fsp3) is 0.393. The Hall–Kier alpha value is -3.12. The molecule has 5 nitrogen and oxygen atoms in total. The quantitative estimate of drug-likeness (QED) is 0.376. The summed E-state index contributed by atoms with van der Waals surface area (Å²) in [4.78, 5) is 9.47. The Bertz CT molecular complexity index is 1300. The molecule has 6 heteroatoms. The summed E-state index contributed by atoms with van der Waals surface area (Å²) in [5.41, 5.74) is 4.07. The third-order valence-electron chi connectivity index (χ3n) is 7.77. The lowest BCUT2D eigenvalue weighted by Crippen LogP contribution is -2.51. The molecule has 3 heterocycles. The Morgan fingerprint density at radius 1 is 1.00 bits per heavy atom. The van der Waals surface area contributed by atoms with E-state index < -0.39 is 0 Å². The third kappa shape index (κ3) is 3.90. The second kappa shape index (κ2) is 8.91. The molecule has 1 aliphatic carbocycles. The molecule has 1 aliphatic heterocycles. The number of benzene rings is 2. The Kier molecular flexibility index (Phi) is 5.61. The van der Waals surface area contributed by atoms with Crippen molar-refractivity contribution < 1.29 is 13.5 Å². The zero-order valence-corrected chi connectivity index (χ0v) is 19.5. The zero-order valence-electron chi connectivity index (χ0n) is 19.5. The third-order valence-corrected chi connectivity index (χ3v) is 7.77.